The van der Waals surface area contributed by atoms with E-state index < -0.39 is 8.56 Å². The Morgan fingerprint density at radius 3 is 2.07 bits per heavy atom. The molecule has 0 saturated heterocycles. The maximum atomic E-state index is 12.7. The van der Waals surface area contributed by atoms with Gasteiger partial charge in [0.2, 0.25) is 0 Å². The molecule has 0 aliphatic heterocycles. The number of rotatable bonds is 5. The molecular weight excluding hydrogens is 211 g/mol. The van der Waals surface area contributed by atoms with E-state index in [1.165, 1.54) is 12.1 Å². The average molecular weight is 228 g/mol. The monoisotopic (exact) mass is 228 g/mol. The van der Waals surface area contributed by atoms with Crippen LogP contribution in [0.3, 0.4) is 0 Å². The Balaban J connectivity index is 2.78. The summed E-state index contributed by atoms with van der Waals surface area (Å²) in [4.78, 5) is 0. The summed E-state index contributed by atoms with van der Waals surface area (Å²) in [6, 6.07) is 8.15. The summed E-state index contributed by atoms with van der Waals surface area (Å²) < 4.78 is 23.7. The Bertz CT molecular complexity index is 288. The van der Waals surface area contributed by atoms with E-state index in [1.54, 1.807) is 26.4 Å². The molecular formula is C11H17FO2Si. The Morgan fingerprint density at radius 2 is 1.67 bits per heavy atom. The Morgan fingerprint density at radius 1 is 1.13 bits per heavy atom. The van der Waals surface area contributed by atoms with Crippen LogP contribution in [-0.4, -0.2) is 22.8 Å². The zero-order chi connectivity index (χ0) is 11.3. The second kappa shape index (κ2) is 5.39. The number of hydrogen-bond donors (Lipinski definition) is 0. The predicted molar refractivity (Wildman–Crippen MR) is 60.4 cm³/mol. The van der Waals surface area contributed by atoms with Crippen LogP contribution in [0.25, 0.3) is 0 Å². The molecule has 84 valence electrons. The summed E-state index contributed by atoms with van der Waals surface area (Å²) in [5, 5.41) is 0. The van der Waals surface area contributed by atoms with Gasteiger partial charge in [0.15, 0.2) is 0 Å². The molecule has 0 unspecified atom stereocenters. The van der Waals surface area contributed by atoms with Crippen molar-refractivity contribution < 1.29 is 13.2 Å². The molecule has 1 aromatic carbocycles. The largest absolute Gasteiger partial charge is 0.397 e. The maximum absolute atomic E-state index is 12.7. The molecule has 0 aliphatic carbocycles. The van der Waals surface area contributed by atoms with E-state index in [0.717, 1.165) is 17.7 Å². The normalized spacial score (nSPS) is 11.7. The fraction of sp³-hybridized carbons (Fsp3) is 0.455. The minimum Gasteiger partial charge on any atom is -0.397 e. The van der Waals surface area contributed by atoms with Crippen molar-refractivity contribution in [3.8, 4) is 0 Å². The molecule has 0 bridgehead atoms. The van der Waals surface area contributed by atoms with Gasteiger partial charge in [0.1, 0.15) is 5.82 Å². The van der Waals surface area contributed by atoms with Crippen LogP contribution in [0.5, 0.6) is 0 Å². The summed E-state index contributed by atoms with van der Waals surface area (Å²) in [6.45, 7) is 2.06. The van der Waals surface area contributed by atoms with Crippen LogP contribution in [-0.2, 0) is 14.9 Å². The lowest BCUT2D eigenvalue weighted by Crippen LogP contribution is -2.42. The zero-order valence-electron chi connectivity index (χ0n) is 9.42. The van der Waals surface area contributed by atoms with E-state index in [4.69, 9.17) is 8.85 Å². The summed E-state index contributed by atoms with van der Waals surface area (Å²) in [7, 11) is 1.27. The van der Waals surface area contributed by atoms with Crippen LogP contribution in [0.2, 0.25) is 6.04 Å². The topological polar surface area (TPSA) is 18.5 Å². The molecule has 4 heteroatoms. The van der Waals surface area contributed by atoms with Crippen molar-refractivity contribution in [2.75, 3.05) is 14.2 Å². The van der Waals surface area contributed by atoms with Gasteiger partial charge < -0.3 is 8.85 Å². The predicted octanol–water partition coefficient (Wildman–Crippen LogP) is 2.66. The van der Waals surface area contributed by atoms with Crippen molar-refractivity contribution in [2.24, 2.45) is 0 Å². The highest BCUT2D eigenvalue weighted by atomic mass is 28.4. The minimum atomic E-state index is -2.10. The first kappa shape index (κ1) is 12.4. The van der Waals surface area contributed by atoms with Gasteiger partial charge in [0.25, 0.3) is 0 Å². The van der Waals surface area contributed by atoms with Crippen molar-refractivity contribution >= 4 is 8.56 Å². The molecule has 0 radical (unpaired) electrons. The summed E-state index contributed by atoms with van der Waals surface area (Å²) in [5.74, 6) is -0.211. The lowest BCUT2D eigenvalue weighted by Gasteiger charge is -2.26. The third-order valence-electron chi connectivity index (χ3n) is 2.67. The first-order chi connectivity index (χ1) is 7.15. The molecule has 1 aromatic rings. The smallest absolute Gasteiger partial charge is 0.341 e. The van der Waals surface area contributed by atoms with Crippen LogP contribution in [0.15, 0.2) is 24.3 Å². The molecule has 0 N–H and O–H groups in total. The van der Waals surface area contributed by atoms with E-state index in [9.17, 15) is 4.39 Å². The van der Waals surface area contributed by atoms with Gasteiger partial charge in [-0.25, -0.2) is 4.39 Å². The fourth-order valence-corrected chi connectivity index (χ4v) is 3.70. The number of benzene rings is 1. The van der Waals surface area contributed by atoms with Crippen LogP contribution in [0, 0.1) is 5.82 Å². The molecule has 0 fully saturated rings. The zero-order valence-corrected chi connectivity index (χ0v) is 10.4. The lowest BCUT2D eigenvalue weighted by molar-refractivity contribution is 0.242. The highest BCUT2D eigenvalue weighted by molar-refractivity contribution is 6.66. The van der Waals surface area contributed by atoms with Crippen LogP contribution in [0.4, 0.5) is 4.39 Å². The van der Waals surface area contributed by atoms with Crippen molar-refractivity contribution in [3.05, 3.63) is 35.6 Å². The summed E-state index contributed by atoms with van der Waals surface area (Å²) >= 11 is 0. The Kier molecular flexibility index (Phi) is 4.44. The maximum Gasteiger partial charge on any atom is 0.341 e. The van der Waals surface area contributed by atoms with Crippen molar-refractivity contribution in [3.63, 3.8) is 0 Å². The molecule has 0 aliphatic rings. The van der Waals surface area contributed by atoms with Gasteiger partial charge in [-0.15, -0.1) is 0 Å². The standard InChI is InChI=1S/C11H17FO2Si/c1-4-15(13-2,14-3)9-10-5-7-11(12)8-6-10/h5-8H,4,9H2,1-3H3. The molecule has 0 aromatic heterocycles. The third-order valence-corrected chi connectivity index (χ3v) is 6.18. The van der Waals surface area contributed by atoms with E-state index in [0.29, 0.717) is 0 Å². The van der Waals surface area contributed by atoms with E-state index >= 15 is 0 Å². The second-order valence-electron chi connectivity index (χ2n) is 3.48. The fourth-order valence-electron chi connectivity index (χ4n) is 1.55. The van der Waals surface area contributed by atoms with Gasteiger partial charge in [-0.05, 0) is 23.7 Å². The molecule has 0 saturated carbocycles. The Labute approximate surface area is 91.3 Å². The van der Waals surface area contributed by atoms with Gasteiger partial charge in [0.05, 0.1) is 0 Å². The molecule has 2 nitrogen and oxygen atoms in total. The molecule has 0 heterocycles. The van der Waals surface area contributed by atoms with E-state index in [1.807, 2.05) is 0 Å². The molecule has 15 heavy (non-hydrogen) atoms. The third kappa shape index (κ3) is 3.12. The van der Waals surface area contributed by atoms with Gasteiger partial charge >= 0.3 is 8.56 Å². The summed E-state index contributed by atoms with van der Waals surface area (Å²) in [5.41, 5.74) is 1.06. The molecule has 1 rings (SSSR count). The molecule has 0 amide bonds. The van der Waals surface area contributed by atoms with Gasteiger partial charge in [0, 0.05) is 20.3 Å². The summed E-state index contributed by atoms with van der Waals surface area (Å²) in [6.07, 6.45) is 0. The average Bonchev–Trinajstić information content (AvgIpc) is 2.29. The number of halogens is 1. The first-order valence-electron chi connectivity index (χ1n) is 5.00. The first-order valence-corrected chi connectivity index (χ1v) is 7.23. The van der Waals surface area contributed by atoms with Gasteiger partial charge in [-0.3, -0.25) is 0 Å². The highest BCUT2D eigenvalue weighted by Crippen LogP contribution is 2.18. The number of hydrogen-bond acceptors (Lipinski definition) is 2. The second-order valence-corrected chi connectivity index (χ2v) is 7.17. The highest BCUT2D eigenvalue weighted by Gasteiger charge is 2.33. The van der Waals surface area contributed by atoms with Crippen LogP contribution < -0.4 is 0 Å². The van der Waals surface area contributed by atoms with E-state index in [-0.39, 0.29) is 5.82 Å². The lowest BCUT2D eigenvalue weighted by atomic mass is 10.2. The van der Waals surface area contributed by atoms with Crippen LogP contribution in [0.1, 0.15) is 12.5 Å². The van der Waals surface area contributed by atoms with Crippen LogP contribution >= 0.6 is 0 Å². The SMILES string of the molecule is CC[Si](Cc1ccc(F)cc1)(OC)OC. The van der Waals surface area contributed by atoms with Crippen molar-refractivity contribution in [2.45, 2.75) is 19.0 Å². The quantitative estimate of drug-likeness (QED) is 0.721. The Hall–Kier alpha value is -0.713. The molecule has 0 atom stereocenters. The molecule has 0 spiro atoms. The minimum absolute atomic E-state index is 0.211. The van der Waals surface area contributed by atoms with E-state index in [2.05, 4.69) is 6.92 Å². The van der Waals surface area contributed by atoms with Crippen molar-refractivity contribution in [1.29, 1.82) is 0 Å². The van der Waals surface area contributed by atoms with Gasteiger partial charge in [-0.1, -0.05) is 19.1 Å². The van der Waals surface area contributed by atoms with Crippen molar-refractivity contribution in [1.82, 2.24) is 0 Å². The van der Waals surface area contributed by atoms with Gasteiger partial charge in [-0.2, -0.15) is 0 Å².